The Hall–Kier alpha value is -5.80. The maximum atomic E-state index is 6.50. The van der Waals surface area contributed by atoms with Crippen LogP contribution in [0.15, 0.2) is 156 Å². The lowest BCUT2D eigenvalue weighted by Crippen LogP contribution is -2.00. The molecule has 50 heavy (non-hydrogen) atoms. The number of hydrogen-bond donors (Lipinski definition) is 0. The van der Waals surface area contributed by atoms with Gasteiger partial charge >= 0.3 is 0 Å². The summed E-state index contributed by atoms with van der Waals surface area (Å²) < 4.78 is 6.50. The molecule has 0 aliphatic rings. The van der Waals surface area contributed by atoms with Crippen molar-refractivity contribution in [1.29, 1.82) is 0 Å². The van der Waals surface area contributed by atoms with Crippen molar-refractivity contribution < 1.29 is 4.42 Å². The smallest absolute Gasteiger partial charge is 0.160 e. The maximum Gasteiger partial charge on any atom is 0.160 e. The second-order valence-electron chi connectivity index (χ2n) is 13.2. The Balaban J connectivity index is 1.30. The summed E-state index contributed by atoms with van der Waals surface area (Å²) in [6.45, 7) is 4.64. The average Bonchev–Trinajstić information content (AvgIpc) is 3.57. The van der Waals surface area contributed by atoms with Gasteiger partial charge in [0.05, 0.1) is 11.4 Å². The lowest BCUT2D eigenvalue weighted by Gasteiger charge is -2.19. The molecular weight excluding hydrogens is 609 g/mol. The average molecular weight is 649 g/mol. The number of para-hydroxylation sites is 2. The number of rotatable bonds is 10. The number of hydrogen-bond acceptors (Lipinski definition) is 3. The van der Waals surface area contributed by atoms with Crippen molar-refractivity contribution in [3.8, 4) is 56.2 Å². The van der Waals surface area contributed by atoms with Crippen LogP contribution in [0.3, 0.4) is 0 Å². The monoisotopic (exact) mass is 648 g/mol. The number of furan rings is 1. The van der Waals surface area contributed by atoms with Crippen LogP contribution in [0.5, 0.6) is 0 Å². The van der Waals surface area contributed by atoms with Crippen LogP contribution < -0.4 is 0 Å². The van der Waals surface area contributed by atoms with E-state index in [1.54, 1.807) is 0 Å². The molecule has 8 rings (SSSR count). The molecule has 6 aromatic carbocycles. The van der Waals surface area contributed by atoms with Gasteiger partial charge in [-0.1, -0.05) is 167 Å². The van der Waals surface area contributed by atoms with Gasteiger partial charge in [0.15, 0.2) is 5.82 Å². The van der Waals surface area contributed by atoms with E-state index in [2.05, 4.69) is 135 Å². The first-order chi connectivity index (χ1) is 24.7. The molecule has 0 aliphatic carbocycles. The molecule has 0 amide bonds. The van der Waals surface area contributed by atoms with Crippen molar-refractivity contribution in [3.63, 3.8) is 0 Å². The number of nitrogens with zero attached hydrogens (tertiary/aromatic N) is 2. The number of fused-ring (bicyclic) bond motifs is 3. The Morgan fingerprint density at radius 3 is 1.98 bits per heavy atom. The molecule has 2 heterocycles. The second-order valence-corrected chi connectivity index (χ2v) is 13.2. The summed E-state index contributed by atoms with van der Waals surface area (Å²) in [5.74, 6) is 1.16. The molecule has 0 fully saturated rings. The summed E-state index contributed by atoms with van der Waals surface area (Å²) in [5.41, 5.74) is 12.6. The standard InChI is InChI=1S/C47H40N2O/c1-3-4-7-17-32(2)36-29-28-35(30-42(36)33-18-8-5-9-19-33)43-31-44(49-47(48-43)34-20-10-6-11-21-34)38-23-13-12-22-37(38)40-25-16-26-41-39-24-14-15-27-45(39)50-46(40)41/h5-6,8-16,18-32H,3-4,7,17H2,1-2H3. The van der Waals surface area contributed by atoms with E-state index in [0.29, 0.717) is 11.7 Å². The SMILES string of the molecule is CCCCCC(C)c1ccc(-c2cc(-c3ccccc3-c3cccc4c3oc3ccccc34)nc(-c3ccccc3)n2)cc1-c1ccccc1. The Kier molecular flexibility index (Phi) is 8.79. The van der Waals surface area contributed by atoms with Gasteiger partial charge in [-0.15, -0.1) is 0 Å². The van der Waals surface area contributed by atoms with Crippen molar-refractivity contribution in [2.24, 2.45) is 0 Å². The molecule has 0 spiro atoms. The molecule has 0 saturated carbocycles. The van der Waals surface area contributed by atoms with Crippen LogP contribution in [0.1, 0.15) is 51.0 Å². The predicted molar refractivity (Wildman–Crippen MR) is 209 cm³/mol. The Morgan fingerprint density at radius 1 is 0.520 bits per heavy atom. The largest absolute Gasteiger partial charge is 0.455 e. The number of benzene rings is 6. The normalized spacial score (nSPS) is 12.0. The molecule has 2 aromatic heterocycles. The molecule has 3 nitrogen and oxygen atoms in total. The summed E-state index contributed by atoms with van der Waals surface area (Å²) in [6, 6.07) is 53.3. The maximum absolute atomic E-state index is 6.50. The van der Waals surface area contributed by atoms with E-state index in [-0.39, 0.29) is 0 Å². The fourth-order valence-electron chi connectivity index (χ4n) is 7.22. The van der Waals surface area contributed by atoms with Crippen LogP contribution in [0.4, 0.5) is 0 Å². The highest BCUT2D eigenvalue weighted by molar-refractivity contribution is 6.10. The van der Waals surface area contributed by atoms with Crippen LogP contribution in [-0.2, 0) is 0 Å². The lowest BCUT2D eigenvalue weighted by atomic mass is 9.87. The Morgan fingerprint density at radius 2 is 1.18 bits per heavy atom. The summed E-state index contributed by atoms with van der Waals surface area (Å²) >= 11 is 0. The quantitative estimate of drug-likeness (QED) is 0.139. The zero-order valence-corrected chi connectivity index (χ0v) is 28.6. The third-order valence-electron chi connectivity index (χ3n) is 9.86. The molecule has 0 saturated heterocycles. The third-order valence-corrected chi connectivity index (χ3v) is 9.86. The highest BCUT2D eigenvalue weighted by atomic mass is 16.3. The van der Waals surface area contributed by atoms with Crippen LogP contribution in [-0.4, -0.2) is 9.97 Å². The minimum Gasteiger partial charge on any atom is -0.455 e. The van der Waals surface area contributed by atoms with Crippen molar-refractivity contribution >= 4 is 21.9 Å². The van der Waals surface area contributed by atoms with E-state index >= 15 is 0 Å². The highest BCUT2D eigenvalue weighted by Crippen LogP contribution is 2.41. The summed E-state index contributed by atoms with van der Waals surface area (Å²) in [5, 5.41) is 2.23. The number of aromatic nitrogens is 2. The van der Waals surface area contributed by atoms with Crippen LogP contribution >= 0.6 is 0 Å². The van der Waals surface area contributed by atoms with E-state index < -0.39 is 0 Å². The van der Waals surface area contributed by atoms with Gasteiger partial charge in [-0.25, -0.2) is 9.97 Å². The highest BCUT2D eigenvalue weighted by Gasteiger charge is 2.19. The van der Waals surface area contributed by atoms with E-state index in [1.807, 2.05) is 30.3 Å². The van der Waals surface area contributed by atoms with Crippen LogP contribution in [0, 0.1) is 0 Å². The summed E-state index contributed by atoms with van der Waals surface area (Å²) in [6.07, 6.45) is 4.91. The van der Waals surface area contributed by atoms with Gasteiger partial charge in [-0.3, -0.25) is 0 Å². The first kappa shape index (κ1) is 31.5. The van der Waals surface area contributed by atoms with E-state index in [4.69, 9.17) is 14.4 Å². The molecule has 0 aliphatic heterocycles. The fourth-order valence-corrected chi connectivity index (χ4v) is 7.22. The third kappa shape index (κ3) is 6.12. The Labute approximate surface area is 294 Å². The molecule has 3 heteroatoms. The van der Waals surface area contributed by atoms with E-state index in [9.17, 15) is 0 Å². The molecule has 1 unspecified atom stereocenters. The second kappa shape index (κ2) is 14.0. The van der Waals surface area contributed by atoms with Gasteiger partial charge in [-0.2, -0.15) is 0 Å². The molecule has 1 atom stereocenters. The van der Waals surface area contributed by atoms with E-state index in [0.717, 1.165) is 61.1 Å². The minimum atomic E-state index is 0.458. The first-order valence-electron chi connectivity index (χ1n) is 17.8. The zero-order chi connectivity index (χ0) is 33.9. The summed E-state index contributed by atoms with van der Waals surface area (Å²) in [4.78, 5) is 10.5. The summed E-state index contributed by atoms with van der Waals surface area (Å²) in [7, 11) is 0. The fraction of sp³-hybridized carbons (Fsp3) is 0.149. The van der Waals surface area contributed by atoms with Gasteiger partial charge in [-0.05, 0) is 52.8 Å². The molecule has 0 bridgehead atoms. The number of unbranched alkanes of at least 4 members (excludes halogenated alkanes) is 2. The topological polar surface area (TPSA) is 38.9 Å². The van der Waals surface area contributed by atoms with Crippen LogP contribution in [0.2, 0.25) is 0 Å². The van der Waals surface area contributed by atoms with Crippen LogP contribution in [0.25, 0.3) is 78.1 Å². The van der Waals surface area contributed by atoms with Gasteiger partial charge < -0.3 is 4.42 Å². The molecule has 0 N–H and O–H groups in total. The first-order valence-corrected chi connectivity index (χ1v) is 17.8. The van der Waals surface area contributed by atoms with Gasteiger partial charge in [0, 0.05) is 33.0 Å². The molecule has 8 aromatic rings. The van der Waals surface area contributed by atoms with Crippen molar-refractivity contribution in [1.82, 2.24) is 9.97 Å². The van der Waals surface area contributed by atoms with Crippen molar-refractivity contribution in [2.75, 3.05) is 0 Å². The van der Waals surface area contributed by atoms with Crippen molar-refractivity contribution in [3.05, 3.63) is 157 Å². The Bertz CT molecular complexity index is 2410. The lowest BCUT2D eigenvalue weighted by molar-refractivity contribution is 0.599. The molecule has 0 radical (unpaired) electrons. The molecular formula is C47H40N2O. The zero-order valence-electron chi connectivity index (χ0n) is 28.6. The van der Waals surface area contributed by atoms with Gasteiger partial charge in [0.2, 0.25) is 0 Å². The van der Waals surface area contributed by atoms with Gasteiger partial charge in [0.25, 0.3) is 0 Å². The minimum absolute atomic E-state index is 0.458. The van der Waals surface area contributed by atoms with E-state index in [1.165, 1.54) is 42.4 Å². The molecule has 244 valence electrons. The predicted octanol–water partition coefficient (Wildman–Crippen LogP) is 13.4. The van der Waals surface area contributed by atoms with Crippen molar-refractivity contribution in [2.45, 2.75) is 45.4 Å². The van der Waals surface area contributed by atoms with Gasteiger partial charge in [0.1, 0.15) is 11.2 Å².